The molecule has 1 amide bonds. The van der Waals surface area contributed by atoms with Gasteiger partial charge in [0.1, 0.15) is 0 Å². The van der Waals surface area contributed by atoms with Crippen LogP contribution in [0.5, 0.6) is 5.75 Å². The van der Waals surface area contributed by atoms with Crippen molar-refractivity contribution in [2.45, 2.75) is 31.7 Å². The molecule has 0 bridgehead atoms. The molecule has 4 rings (SSSR count). The zero-order valence-electron chi connectivity index (χ0n) is 18.9. The van der Waals surface area contributed by atoms with Crippen LogP contribution in [0.15, 0.2) is 84.0 Å². The molecule has 0 aliphatic carbocycles. The molecule has 0 aliphatic heterocycles. The van der Waals surface area contributed by atoms with E-state index in [0.29, 0.717) is 17.5 Å². The van der Waals surface area contributed by atoms with Gasteiger partial charge in [0, 0.05) is 12.2 Å². The number of benzene rings is 3. The van der Waals surface area contributed by atoms with Gasteiger partial charge in [0.2, 0.25) is 5.91 Å². The third-order valence-corrected chi connectivity index (χ3v) is 6.05. The first-order valence-corrected chi connectivity index (χ1v) is 11.9. The van der Waals surface area contributed by atoms with E-state index in [1.807, 2.05) is 66.1 Å². The van der Waals surface area contributed by atoms with E-state index < -0.39 is 11.9 Å². The van der Waals surface area contributed by atoms with E-state index in [4.69, 9.17) is 4.74 Å². The van der Waals surface area contributed by atoms with E-state index >= 15 is 0 Å². The van der Waals surface area contributed by atoms with Crippen molar-refractivity contribution in [3.05, 3.63) is 102 Å². The summed E-state index contributed by atoms with van der Waals surface area (Å²) < 4.78 is 21.8. The fourth-order valence-corrected chi connectivity index (χ4v) is 4.12. The van der Waals surface area contributed by atoms with E-state index in [0.717, 1.165) is 11.3 Å². The van der Waals surface area contributed by atoms with E-state index in [1.54, 1.807) is 25.1 Å². The number of halogens is 1. The van der Waals surface area contributed by atoms with Crippen LogP contribution in [-0.4, -0.2) is 26.4 Å². The Hall–Kier alpha value is -3.65. The van der Waals surface area contributed by atoms with Gasteiger partial charge in [-0.1, -0.05) is 71.9 Å². The number of rotatable bonds is 9. The summed E-state index contributed by atoms with van der Waals surface area (Å²) in [4.78, 5) is 12.5. The molecular weight excluding hydrogens is 451 g/mol. The largest absolute Gasteiger partial charge is 0.480 e. The van der Waals surface area contributed by atoms with Gasteiger partial charge in [-0.3, -0.25) is 9.36 Å². The average molecular weight is 477 g/mol. The smallest absolute Gasteiger partial charge is 0.230 e. The Balaban J connectivity index is 1.48. The van der Waals surface area contributed by atoms with E-state index in [1.165, 1.54) is 23.4 Å². The monoisotopic (exact) mass is 476 g/mol. The van der Waals surface area contributed by atoms with Gasteiger partial charge in [-0.15, -0.1) is 10.2 Å². The first-order chi connectivity index (χ1) is 16.5. The van der Waals surface area contributed by atoms with Gasteiger partial charge in [0.15, 0.2) is 28.7 Å². The van der Waals surface area contributed by atoms with Crippen LogP contribution in [0.1, 0.15) is 30.0 Å². The van der Waals surface area contributed by atoms with Gasteiger partial charge in [-0.05, 0) is 43.7 Å². The molecule has 4 aromatic rings. The van der Waals surface area contributed by atoms with Gasteiger partial charge >= 0.3 is 0 Å². The lowest BCUT2D eigenvalue weighted by Gasteiger charge is -2.17. The summed E-state index contributed by atoms with van der Waals surface area (Å²) in [7, 11) is 0. The highest BCUT2D eigenvalue weighted by atomic mass is 32.2. The molecule has 0 saturated heterocycles. The predicted molar refractivity (Wildman–Crippen MR) is 131 cm³/mol. The van der Waals surface area contributed by atoms with Crippen LogP contribution >= 0.6 is 11.8 Å². The number of aryl methyl sites for hydroxylation is 1. The fraction of sp³-hybridized carbons (Fsp3) is 0.192. The second-order valence-corrected chi connectivity index (χ2v) is 8.70. The molecule has 0 fully saturated rings. The molecule has 1 N–H and O–H groups in total. The number of nitrogens with one attached hydrogen (secondary N) is 1. The molecule has 174 valence electrons. The first kappa shape index (κ1) is 23.5. The maximum Gasteiger partial charge on any atom is 0.230 e. The molecule has 0 spiro atoms. The summed E-state index contributed by atoms with van der Waals surface area (Å²) in [5.74, 6) is 0.281. The molecule has 1 heterocycles. The molecule has 0 aliphatic rings. The van der Waals surface area contributed by atoms with Crippen molar-refractivity contribution in [2.75, 3.05) is 5.75 Å². The van der Waals surface area contributed by atoms with Crippen molar-refractivity contribution in [3.8, 4) is 11.4 Å². The van der Waals surface area contributed by atoms with Crippen LogP contribution in [0.4, 0.5) is 4.39 Å². The molecule has 3 aromatic carbocycles. The third-order valence-electron chi connectivity index (χ3n) is 5.12. The van der Waals surface area contributed by atoms with Crippen molar-refractivity contribution < 1.29 is 13.9 Å². The number of carbonyl (C=O) groups excluding carboxylic acids is 1. The predicted octanol–water partition coefficient (Wildman–Crippen LogP) is 5.26. The molecule has 1 atom stereocenters. The van der Waals surface area contributed by atoms with Gasteiger partial charge in [0.25, 0.3) is 0 Å². The summed E-state index contributed by atoms with van der Waals surface area (Å²) in [6.07, 6.45) is -0.575. The number of thioether (sulfide) groups is 1. The van der Waals surface area contributed by atoms with Crippen LogP contribution in [0.3, 0.4) is 0 Å². The number of para-hydroxylation sites is 2. The number of nitrogens with zero attached hydrogens (tertiary/aromatic N) is 3. The molecule has 6 nitrogen and oxygen atoms in total. The Morgan fingerprint density at radius 1 is 1.03 bits per heavy atom. The van der Waals surface area contributed by atoms with Crippen molar-refractivity contribution >= 4 is 17.7 Å². The average Bonchev–Trinajstić information content (AvgIpc) is 3.28. The number of aromatic nitrogens is 3. The Kier molecular flexibility index (Phi) is 7.59. The lowest BCUT2D eigenvalue weighted by atomic mass is 10.1. The van der Waals surface area contributed by atoms with Crippen LogP contribution < -0.4 is 10.1 Å². The number of hydrogen-bond donors (Lipinski definition) is 1. The zero-order chi connectivity index (χ0) is 23.9. The third kappa shape index (κ3) is 5.82. The molecule has 0 saturated carbocycles. The quantitative estimate of drug-likeness (QED) is 0.334. The van der Waals surface area contributed by atoms with Crippen LogP contribution in [0.2, 0.25) is 0 Å². The topological polar surface area (TPSA) is 69.0 Å². The molecule has 0 radical (unpaired) electrons. The van der Waals surface area contributed by atoms with Crippen LogP contribution in [0.25, 0.3) is 5.69 Å². The standard InChI is InChI=1S/C26H25FN4O2S/c1-18-12-14-20(15-13-18)16-28-24(32)17-34-26-30-29-25(31(26)21-8-4-3-5-9-21)19(2)33-23-11-7-6-10-22(23)27/h3-15,19H,16-17H2,1-2H3,(H,28,32). The highest BCUT2D eigenvalue weighted by molar-refractivity contribution is 7.99. The lowest BCUT2D eigenvalue weighted by Crippen LogP contribution is -2.24. The molecule has 1 aromatic heterocycles. The maximum absolute atomic E-state index is 14.1. The van der Waals surface area contributed by atoms with Crippen molar-refractivity contribution in [1.82, 2.24) is 20.1 Å². The van der Waals surface area contributed by atoms with Crippen molar-refractivity contribution in [1.29, 1.82) is 0 Å². The van der Waals surface area contributed by atoms with Gasteiger partial charge in [-0.2, -0.15) is 0 Å². The van der Waals surface area contributed by atoms with Crippen LogP contribution in [0, 0.1) is 12.7 Å². The summed E-state index contributed by atoms with van der Waals surface area (Å²) >= 11 is 1.28. The van der Waals surface area contributed by atoms with Crippen molar-refractivity contribution in [2.24, 2.45) is 0 Å². The second kappa shape index (κ2) is 11.0. The van der Waals surface area contributed by atoms with Gasteiger partial charge in [-0.25, -0.2) is 4.39 Å². The summed E-state index contributed by atoms with van der Waals surface area (Å²) in [6.45, 7) is 4.28. The Morgan fingerprint density at radius 2 is 1.74 bits per heavy atom. The fourth-order valence-electron chi connectivity index (χ4n) is 3.33. The van der Waals surface area contributed by atoms with Gasteiger partial charge in [0.05, 0.1) is 5.75 Å². The van der Waals surface area contributed by atoms with E-state index in [9.17, 15) is 9.18 Å². The van der Waals surface area contributed by atoms with Crippen LogP contribution in [-0.2, 0) is 11.3 Å². The normalized spacial score (nSPS) is 11.7. The highest BCUT2D eigenvalue weighted by Crippen LogP contribution is 2.28. The summed E-state index contributed by atoms with van der Waals surface area (Å²) in [5, 5.41) is 12.1. The number of ether oxygens (including phenoxy) is 1. The minimum atomic E-state index is -0.575. The number of amides is 1. The lowest BCUT2D eigenvalue weighted by molar-refractivity contribution is -0.118. The molecular formula is C26H25FN4O2S. The number of carbonyl (C=O) groups is 1. The summed E-state index contributed by atoms with van der Waals surface area (Å²) in [5.41, 5.74) is 3.04. The molecule has 1 unspecified atom stereocenters. The SMILES string of the molecule is Cc1ccc(CNC(=O)CSc2nnc(C(C)Oc3ccccc3F)n2-c2ccccc2)cc1. The Morgan fingerprint density at radius 3 is 2.47 bits per heavy atom. The maximum atomic E-state index is 14.1. The van der Waals surface area contributed by atoms with E-state index in [2.05, 4.69) is 15.5 Å². The zero-order valence-corrected chi connectivity index (χ0v) is 19.8. The molecule has 34 heavy (non-hydrogen) atoms. The number of hydrogen-bond acceptors (Lipinski definition) is 5. The highest BCUT2D eigenvalue weighted by Gasteiger charge is 2.22. The second-order valence-electron chi connectivity index (χ2n) is 7.75. The summed E-state index contributed by atoms with van der Waals surface area (Å²) in [6, 6.07) is 23.8. The van der Waals surface area contributed by atoms with E-state index in [-0.39, 0.29) is 17.4 Å². The van der Waals surface area contributed by atoms with Gasteiger partial charge < -0.3 is 10.1 Å². The first-order valence-electron chi connectivity index (χ1n) is 10.9. The minimum Gasteiger partial charge on any atom is -0.480 e. The van der Waals surface area contributed by atoms with Crippen molar-refractivity contribution in [3.63, 3.8) is 0 Å². The molecule has 8 heteroatoms. The Labute approximate surface area is 202 Å². The minimum absolute atomic E-state index is 0.106. The Bertz CT molecular complexity index is 1250.